The van der Waals surface area contributed by atoms with Crippen LogP contribution in [0.15, 0.2) is 47.0 Å². The maximum atomic E-state index is 13.0. The molecule has 1 aliphatic heterocycles. The molecule has 31 heavy (non-hydrogen) atoms. The predicted molar refractivity (Wildman–Crippen MR) is 119 cm³/mol. The van der Waals surface area contributed by atoms with Crippen LogP contribution in [0.5, 0.6) is 0 Å². The predicted octanol–water partition coefficient (Wildman–Crippen LogP) is 4.05. The Morgan fingerprint density at radius 2 is 1.74 bits per heavy atom. The van der Waals surface area contributed by atoms with E-state index in [2.05, 4.69) is 41.0 Å². The molecule has 1 atom stereocenters. The third-order valence-electron chi connectivity index (χ3n) is 6.60. The van der Waals surface area contributed by atoms with Gasteiger partial charge in [-0.15, -0.1) is 0 Å². The van der Waals surface area contributed by atoms with Crippen molar-refractivity contribution in [1.29, 1.82) is 0 Å². The Balaban J connectivity index is 1.21. The molecule has 160 valence electrons. The van der Waals surface area contributed by atoms with E-state index >= 15 is 0 Å². The summed E-state index contributed by atoms with van der Waals surface area (Å²) in [5.74, 6) is 1.38. The van der Waals surface area contributed by atoms with Crippen molar-refractivity contribution >= 4 is 5.91 Å². The van der Waals surface area contributed by atoms with Gasteiger partial charge in [-0.1, -0.05) is 41.1 Å². The van der Waals surface area contributed by atoms with Gasteiger partial charge in [0.15, 0.2) is 0 Å². The molecule has 2 aromatic carbocycles. The maximum Gasteiger partial charge on any atom is 0.253 e. The summed E-state index contributed by atoms with van der Waals surface area (Å²) >= 11 is 0. The fourth-order valence-electron chi connectivity index (χ4n) is 4.58. The van der Waals surface area contributed by atoms with Crippen LogP contribution in [0, 0.1) is 6.92 Å². The Labute approximate surface area is 182 Å². The third kappa shape index (κ3) is 4.00. The minimum absolute atomic E-state index is 0.0175. The van der Waals surface area contributed by atoms with Crippen LogP contribution in [0.3, 0.4) is 0 Å². The molecule has 1 aromatic heterocycles. The number of carbonyl (C=O) groups is 1. The van der Waals surface area contributed by atoms with Crippen LogP contribution < -0.4 is 0 Å². The SMILES string of the molecule is Cc1ccc(-c2noc(C(C)N3CCN(C(=O)c4ccc5c(c4)CCC5)CC3)n2)cc1. The maximum absolute atomic E-state index is 13.0. The summed E-state index contributed by atoms with van der Waals surface area (Å²) in [6, 6.07) is 14.4. The van der Waals surface area contributed by atoms with E-state index in [-0.39, 0.29) is 11.9 Å². The summed E-state index contributed by atoms with van der Waals surface area (Å²) in [7, 11) is 0. The normalized spacial score (nSPS) is 17.5. The first kappa shape index (κ1) is 19.9. The molecule has 1 aliphatic carbocycles. The fourth-order valence-corrected chi connectivity index (χ4v) is 4.58. The number of piperazine rings is 1. The first-order valence-electron chi connectivity index (χ1n) is 11.1. The van der Waals surface area contributed by atoms with Crippen LogP contribution >= 0.6 is 0 Å². The number of hydrogen-bond donors (Lipinski definition) is 0. The van der Waals surface area contributed by atoms with Crippen molar-refractivity contribution in [2.45, 2.75) is 39.2 Å². The fraction of sp³-hybridized carbons (Fsp3) is 0.400. The molecule has 1 amide bonds. The molecule has 6 heteroatoms. The van der Waals surface area contributed by atoms with E-state index in [1.807, 2.05) is 35.2 Å². The zero-order chi connectivity index (χ0) is 21.4. The first-order chi connectivity index (χ1) is 15.1. The van der Waals surface area contributed by atoms with Crippen LogP contribution in [0.4, 0.5) is 0 Å². The number of benzene rings is 2. The Kier molecular flexibility index (Phi) is 5.32. The van der Waals surface area contributed by atoms with Crippen LogP contribution in [-0.4, -0.2) is 52.0 Å². The summed E-state index contributed by atoms with van der Waals surface area (Å²) in [5.41, 5.74) is 5.73. The molecule has 2 aliphatic rings. The molecular weight excluding hydrogens is 388 g/mol. The van der Waals surface area contributed by atoms with E-state index in [0.717, 1.165) is 37.1 Å². The number of aromatic nitrogens is 2. The quantitative estimate of drug-likeness (QED) is 0.642. The lowest BCUT2D eigenvalue weighted by Crippen LogP contribution is -2.49. The first-order valence-corrected chi connectivity index (χ1v) is 11.1. The Morgan fingerprint density at radius 3 is 2.52 bits per heavy atom. The average Bonchev–Trinajstić information content (AvgIpc) is 3.48. The largest absolute Gasteiger partial charge is 0.337 e. The average molecular weight is 417 g/mol. The van der Waals surface area contributed by atoms with E-state index in [9.17, 15) is 4.79 Å². The van der Waals surface area contributed by atoms with Crippen molar-refractivity contribution < 1.29 is 9.32 Å². The van der Waals surface area contributed by atoms with Crippen molar-refractivity contribution in [3.63, 3.8) is 0 Å². The third-order valence-corrected chi connectivity index (χ3v) is 6.60. The minimum atomic E-state index is 0.0175. The molecule has 0 radical (unpaired) electrons. The van der Waals surface area contributed by atoms with E-state index in [1.165, 1.54) is 23.1 Å². The topological polar surface area (TPSA) is 62.5 Å². The molecule has 1 unspecified atom stereocenters. The second-order valence-corrected chi connectivity index (χ2v) is 8.66. The van der Waals surface area contributed by atoms with Crippen LogP contribution in [0.2, 0.25) is 0 Å². The van der Waals surface area contributed by atoms with Gasteiger partial charge in [0.1, 0.15) is 0 Å². The van der Waals surface area contributed by atoms with Gasteiger partial charge in [0.2, 0.25) is 11.7 Å². The summed E-state index contributed by atoms with van der Waals surface area (Å²) in [6.07, 6.45) is 3.43. The second kappa shape index (κ2) is 8.27. The number of rotatable bonds is 4. The number of hydrogen-bond acceptors (Lipinski definition) is 5. The molecule has 0 spiro atoms. The number of carbonyl (C=O) groups excluding carboxylic acids is 1. The lowest BCUT2D eigenvalue weighted by atomic mass is 10.1. The van der Waals surface area contributed by atoms with Gasteiger partial charge in [-0.3, -0.25) is 9.69 Å². The summed E-state index contributed by atoms with van der Waals surface area (Å²) < 4.78 is 5.57. The lowest BCUT2D eigenvalue weighted by Gasteiger charge is -2.36. The number of fused-ring (bicyclic) bond motifs is 1. The molecule has 5 rings (SSSR count). The molecule has 3 aromatic rings. The van der Waals surface area contributed by atoms with Gasteiger partial charge < -0.3 is 9.42 Å². The van der Waals surface area contributed by atoms with Gasteiger partial charge in [-0.2, -0.15) is 4.98 Å². The van der Waals surface area contributed by atoms with Gasteiger partial charge in [-0.05, 0) is 56.4 Å². The summed E-state index contributed by atoms with van der Waals surface area (Å²) in [6.45, 7) is 7.14. The van der Waals surface area contributed by atoms with Crippen molar-refractivity contribution in [1.82, 2.24) is 19.9 Å². The second-order valence-electron chi connectivity index (χ2n) is 8.66. The van der Waals surface area contributed by atoms with E-state index < -0.39 is 0 Å². The van der Waals surface area contributed by atoms with Crippen molar-refractivity contribution in [3.05, 3.63) is 70.6 Å². The smallest absolute Gasteiger partial charge is 0.253 e. The highest BCUT2D eigenvalue weighted by atomic mass is 16.5. The van der Waals surface area contributed by atoms with Gasteiger partial charge in [0.25, 0.3) is 5.91 Å². The minimum Gasteiger partial charge on any atom is -0.337 e. The van der Waals surface area contributed by atoms with Crippen molar-refractivity contribution in [3.8, 4) is 11.4 Å². The van der Waals surface area contributed by atoms with Crippen LogP contribution in [0.25, 0.3) is 11.4 Å². The van der Waals surface area contributed by atoms with Crippen LogP contribution in [0.1, 0.15) is 52.3 Å². The Morgan fingerprint density at radius 1 is 1.00 bits per heavy atom. The summed E-state index contributed by atoms with van der Waals surface area (Å²) in [4.78, 5) is 21.9. The Hall–Kier alpha value is -2.99. The molecule has 6 nitrogen and oxygen atoms in total. The van der Waals surface area contributed by atoms with Gasteiger partial charge in [0, 0.05) is 37.3 Å². The highest BCUT2D eigenvalue weighted by Crippen LogP contribution is 2.26. The monoisotopic (exact) mass is 416 g/mol. The summed E-state index contributed by atoms with van der Waals surface area (Å²) in [5, 5.41) is 4.17. The molecule has 0 bridgehead atoms. The molecule has 2 heterocycles. The highest BCUT2D eigenvalue weighted by molar-refractivity contribution is 5.94. The lowest BCUT2D eigenvalue weighted by molar-refractivity contribution is 0.0551. The van der Waals surface area contributed by atoms with Crippen LogP contribution in [-0.2, 0) is 12.8 Å². The molecule has 0 N–H and O–H groups in total. The molecule has 1 fully saturated rings. The van der Waals surface area contributed by atoms with Gasteiger partial charge in [-0.25, -0.2) is 0 Å². The zero-order valence-electron chi connectivity index (χ0n) is 18.2. The number of nitrogens with zero attached hydrogens (tertiary/aromatic N) is 4. The van der Waals surface area contributed by atoms with E-state index in [0.29, 0.717) is 24.8 Å². The zero-order valence-corrected chi connectivity index (χ0v) is 18.2. The van der Waals surface area contributed by atoms with E-state index in [4.69, 9.17) is 4.52 Å². The standard InChI is InChI=1S/C25H28N4O2/c1-17-6-8-20(9-7-17)23-26-24(31-27-23)18(2)28-12-14-29(15-13-28)25(30)22-11-10-19-4-3-5-21(19)16-22/h6-11,16,18H,3-5,12-15H2,1-2H3. The van der Waals surface area contributed by atoms with Crippen molar-refractivity contribution in [2.75, 3.05) is 26.2 Å². The molecular formula is C25H28N4O2. The molecule has 1 saturated heterocycles. The number of amides is 1. The van der Waals surface area contributed by atoms with E-state index in [1.54, 1.807) is 0 Å². The Bertz CT molecular complexity index is 1080. The highest BCUT2D eigenvalue weighted by Gasteiger charge is 2.28. The number of aryl methyl sites for hydroxylation is 3. The van der Waals surface area contributed by atoms with Gasteiger partial charge >= 0.3 is 0 Å². The van der Waals surface area contributed by atoms with Crippen molar-refractivity contribution in [2.24, 2.45) is 0 Å². The van der Waals surface area contributed by atoms with Gasteiger partial charge in [0.05, 0.1) is 6.04 Å². The molecule has 0 saturated carbocycles.